The number of H-pyrrole nitrogens is 1. The quantitative estimate of drug-likeness (QED) is 0.644. The molecule has 1 aromatic carbocycles. The molecule has 8 nitrogen and oxygen atoms in total. The summed E-state index contributed by atoms with van der Waals surface area (Å²) in [5.41, 5.74) is 5.71. The Kier molecular flexibility index (Phi) is 3.78. The van der Waals surface area contributed by atoms with Crippen LogP contribution in [0.5, 0.6) is 5.75 Å². The zero-order valence-electron chi connectivity index (χ0n) is 15.3. The number of anilines is 2. The van der Waals surface area contributed by atoms with Crippen molar-refractivity contribution in [2.24, 2.45) is 10.9 Å². The van der Waals surface area contributed by atoms with Crippen LogP contribution in [0.1, 0.15) is 28.8 Å². The van der Waals surface area contributed by atoms with E-state index in [1.165, 1.54) is 6.33 Å². The van der Waals surface area contributed by atoms with Gasteiger partial charge in [0.25, 0.3) is 0 Å². The zero-order valence-corrected chi connectivity index (χ0v) is 15.3. The Labute approximate surface area is 160 Å². The number of nitrogens with one attached hydrogen (secondary N) is 2. The van der Waals surface area contributed by atoms with E-state index in [9.17, 15) is 9.90 Å². The van der Waals surface area contributed by atoms with Gasteiger partial charge in [-0.25, -0.2) is 9.97 Å². The summed E-state index contributed by atoms with van der Waals surface area (Å²) in [6.45, 7) is 0.658. The Morgan fingerprint density at radius 1 is 1.36 bits per heavy atom. The molecule has 0 bridgehead atoms. The van der Waals surface area contributed by atoms with Gasteiger partial charge in [0.2, 0.25) is 0 Å². The van der Waals surface area contributed by atoms with Crippen LogP contribution in [0.25, 0.3) is 11.0 Å². The van der Waals surface area contributed by atoms with Gasteiger partial charge in [-0.2, -0.15) is 0 Å². The van der Waals surface area contributed by atoms with E-state index in [-0.39, 0.29) is 5.92 Å². The zero-order chi connectivity index (χ0) is 19.3. The van der Waals surface area contributed by atoms with E-state index >= 15 is 0 Å². The lowest BCUT2D eigenvalue weighted by Gasteiger charge is -2.19. The summed E-state index contributed by atoms with van der Waals surface area (Å²) >= 11 is 0. The Bertz CT molecular complexity index is 1130. The standard InChI is InChI=1S/C20H19N5O3/c1-28-16-6-12-8-21-7-11(12)5-15(16)25-19-17-13-4-10(20(26)27)2-3-14(13)24-18(17)22-9-23-19/h5-7,9-10H,2-4,8H2,1H3,(H,26,27)(H2,22,23,24,25). The molecule has 1 atom stereocenters. The number of aryl methyl sites for hydroxylation is 1. The Hall–Kier alpha value is -3.42. The van der Waals surface area contributed by atoms with E-state index in [4.69, 9.17) is 4.74 Å². The van der Waals surface area contributed by atoms with Crippen molar-refractivity contribution >= 4 is 34.7 Å². The second-order valence-corrected chi connectivity index (χ2v) is 7.15. The first-order chi connectivity index (χ1) is 13.6. The van der Waals surface area contributed by atoms with E-state index < -0.39 is 5.97 Å². The van der Waals surface area contributed by atoms with Crippen LogP contribution in [0.4, 0.5) is 11.5 Å². The van der Waals surface area contributed by atoms with Crippen molar-refractivity contribution in [2.75, 3.05) is 12.4 Å². The number of aromatic amines is 1. The molecule has 142 valence electrons. The van der Waals surface area contributed by atoms with Crippen LogP contribution in [0.2, 0.25) is 0 Å². The average molecular weight is 377 g/mol. The second-order valence-electron chi connectivity index (χ2n) is 7.15. The number of aliphatic carboxylic acids is 1. The number of carboxylic acids is 1. The number of benzene rings is 1. The summed E-state index contributed by atoms with van der Waals surface area (Å²) in [7, 11) is 1.63. The van der Waals surface area contributed by atoms with Crippen LogP contribution in [-0.2, 0) is 24.2 Å². The highest BCUT2D eigenvalue weighted by Crippen LogP contribution is 2.37. The van der Waals surface area contributed by atoms with Gasteiger partial charge in [-0.3, -0.25) is 9.79 Å². The number of methoxy groups -OCH3 is 1. The van der Waals surface area contributed by atoms with E-state index in [1.807, 2.05) is 18.3 Å². The first-order valence-corrected chi connectivity index (χ1v) is 9.19. The number of hydrogen-bond donors (Lipinski definition) is 3. The van der Waals surface area contributed by atoms with Gasteiger partial charge in [0.05, 0.1) is 30.6 Å². The van der Waals surface area contributed by atoms with Crippen LogP contribution >= 0.6 is 0 Å². The van der Waals surface area contributed by atoms with E-state index in [0.29, 0.717) is 37.4 Å². The first-order valence-electron chi connectivity index (χ1n) is 9.19. The van der Waals surface area contributed by atoms with Crippen LogP contribution in [0.3, 0.4) is 0 Å². The number of nitrogens with zero attached hydrogens (tertiary/aromatic N) is 3. The molecule has 3 N–H and O–H groups in total. The third kappa shape index (κ3) is 2.60. The number of carboxylic acid groups (broad SMARTS) is 1. The topological polar surface area (TPSA) is 112 Å². The highest BCUT2D eigenvalue weighted by atomic mass is 16.5. The minimum Gasteiger partial charge on any atom is -0.495 e. The summed E-state index contributed by atoms with van der Waals surface area (Å²) in [6.07, 6.45) is 5.15. The maximum absolute atomic E-state index is 11.5. The second kappa shape index (κ2) is 6.33. The average Bonchev–Trinajstić information content (AvgIpc) is 3.30. The van der Waals surface area contributed by atoms with Gasteiger partial charge in [0.1, 0.15) is 23.5 Å². The summed E-state index contributed by atoms with van der Waals surface area (Å²) in [6, 6.07) is 3.98. The monoisotopic (exact) mass is 377 g/mol. The Balaban J connectivity index is 1.60. The molecule has 1 aliphatic carbocycles. The molecular formula is C20H19N5O3. The van der Waals surface area contributed by atoms with Crippen LogP contribution in [0.15, 0.2) is 23.5 Å². The Morgan fingerprint density at radius 3 is 3.07 bits per heavy atom. The lowest BCUT2D eigenvalue weighted by molar-refractivity contribution is -0.142. The van der Waals surface area contributed by atoms with Crippen molar-refractivity contribution in [2.45, 2.75) is 25.8 Å². The molecule has 1 aliphatic heterocycles. The fourth-order valence-corrected chi connectivity index (χ4v) is 4.08. The number of fused-ring (bicyclic) bond motifs is 4. The molecule has 0 amide bonds. The lowest BCUT2D eigenvalue weighted by atomic mass is 9.86. The molecule has 28 heavy (non-hydrogen) atoms. The maximum Gasteiger partial charge on any atom is 0.306 e. The largest absolute Gasteiger partial charge is 0.495 e. The molecule has 0 radical (unpaired) electrons. The Morgan fingerprint density at radius 2 is 2.25 bits per heavy atom. The maximum atomic E-state index is 11.5. The predicted molar refractivity (Wildman–Crippen MR) is 105 cm³/mol. The van der Waals surface area contributed by atoms with Gasteiger partial charge < -0.3 is 20.1 Å². The summed E-state index contributed by atoms with van der Waals surface area (Å²) in [4.78, 5) is 27.9. The highest BCUT2D eigenvalue weighted by Gasteiger charge is 2.29. The molecule has 3 aromatic rings. The van der Waals surface area contributed by atoms with Crippen molar-refractivity contribution in [1.29, 1.82) is 0 Å². The molecule has 0 saturated heterocycles. The lowest BCUT2D eigenvalue weighted by Crippen LogP contribution is -2.21. The summed E-state index contributed by atoms with van der Waals surface area (Å²) < 4.78 is 5.55. The molecule has 0 spiro atoms. The summed E-state index contributed by atoms with van der Waals surface area (Å²) in [5.74, 6) is 0.210. The van der Waals surface area contributed by atoms with Crippen LogP contribution < -0.4 is 10.1 Å². The summed E-state index contributed by atoms with van der Waals surface area (Å²) in [5, 5.41) is 13.7. The first kappa shape index (κ1) is 16.7. The van der Waals surface area contributed by atoms with Gasteiger partial charge >= 0.3 is 5.97 Å². The van der Waals surface area contributed by atoms with Crippen molar-refractivity contribution in [3.05, 3.63) is 40.8 Å². The van der Waals surface area contributed by atoms with Gasteiger partial charge in [-0.05, 0) is 48.1 Å². The molecule has 2 aliphatic rings. The molecule has 3 heterocycles. The number of ether oxygens (including phenoxy) is 1. The third-order valence-electron chi connectivity index (χ3n) is 5.53. The number of rotatable bonds is 4. The normalized spacial score (nSPS) is 17.4. The van der Waals surface area contributed by atoms with Crippen LogP contribution in [0, 0.1) is 5.92 Å². The van der Waals surface area contributed by atoms with Crippen LogP contribution in [-0.4, -0.2) is 39.4 Å². The smallest absolute Gasteiger partial charge is 0.306 e. The van der Waals surface area contributed by atoms with Gasteiger partial charge in [0, 0.05) is 11.9 Å². The van der Waals surface area contributed by atoms with Gasteiger partial charge in [-0.1, -0.05) is 0 Å². The molecule has 0 saturated carbocycles. The molecule has 2 aromatic heterocycles. The van der Waals surface area contributed by atoms with Crippen molar-refractivity contribution in [3.63, 3.8) is 0 Å². The minimum atomic E-state index is -0.758. The number of aromatic nitrogens is 3. The third-order valence-corrected chi connectivity index (χ3v) is 5.53. The number of aliphatic imine (C=N–C) groups is 1. The minimum absolute atomic E-state index is 0.384. The van der Waals surface area contributed by atoms with Crippen molar-refractivity contribution < 1.29 is 14.6 Å². The van der Waals surface area contributed by atoms with E-state index in [2.05, 4.69) is 25.3 Å². The van der Waals surface area contributed by atoms with Gasteiger partial charge in [-0.15, -0.1) is 0 Å². The molecule has 1 unspecified atom stereocenters. The SMILES string of the molecule is COc1cc2c(cc1Nc1ncnc3[nH]c4c(c13)CC(C(=O)O)CC4)C=NC2. The predicted octanol–water partition coefficient (Wildman–Crippen LogP) is 2.83. The molecular weight excluding hydrogens is 358 g/mol. The molecule has 5 rings (SSSR count). The van der Waals surface area contributed by atoms with Gasteiger partial charge in [0.15, 0.2) is 0 Å². The highest BCUT2D eigenvalue weighted by molar-refractivity contribution is 5.95. The number of hydrogen-bond acceptors (Lipinski definition) is 6. The fourth-order valence-electron chi connectivity index (χ4n) is 4.08. The van der Waals surface area contributed by atoms with E-state index in [0.717, 1.165) is 39.1 Å². The fraction of sp³-hybridized carbons (Fsp3) is 0.300. The number of carbonyl (C=O) groups is 1. The van der Waals surface area contributed by atoms with Crippen molar-refractivity contribution in [1.82, 2.24) is 15.0 Å². The van der Waals surface area contributed by atoms with Crippen molar-refractivity contribution in [3.8, 4) is 5.75 Å². The molecule has 0 fully saturated rings. The van der Waals surface area contributed by atoms with E-state index in [1.54, 1.807) is 7.11 Å². The molecule has 8 heteroatoms.